The van der Waals surface area contributed by atoms with Gasteiger partial charge in [0.15, 0.2) is 10.7 Å². The Morgan fingerprint density at radius 2 is 1.65 bits per heavy atom. The minimum Gasteiger partial charge on any atom is -0.381 e. The first kappa shape index (κ1) is 28.7. The molecule has 224 valence electrons. The van der Waals surface area contributed by atoms with Crippen LogP contribution in [0, 0.1) is 23.0 Å². The summed E-state index contributed by atoms with van der Waals surface area (Å²) in [4.78, 5) is 22.2. The summed E-state index contributed by atoms with van der Waals surface area (Å²) in [5.74, 6) is 0.438. The molecule has 0 bridgehead atoms. The number of aliphatic imine (C=N–C) groups is 1. The van der Waals surface area contributed by atoms with Gasteiger partial charge in [-0.2, -0.15) is 0 Å². The van der Waals surface area contributed by atoms with Crippen LogP contribution in [0.25, 0.3) is 0 Å². The number of amidine groups is 1. The highest BCUT2D eigenvalue weighted by Gasteiger charge is 2.66. The van der Waals surface area contributed by atoms with Crippen molar-refractivity contribution in [3.8, 4) is 0 Å². The largest absolute Gasteiger partial charge is 0.381 e. The number of aryl methyl sites for hydroxylation is 1. The smallest absolute Gasteiger partial charge is 0.262 e. The number of hydrogen-bond acceptors (Lipinski definition) is 4. The Hall–Kier alpha value is -3.03. The molecular weight excluding hydrogens is 562 g/mol. The van der Waals surface area contributed by atoms with Crippen LogP contribution in [0.4, 0.5) is 8.78 Å². The fourth-order valence-corrected chi connectivity index (χ4v) is 8.63. The SMILES string of the molecule is COC1CCC2(CC1)Cc1ccc(CCC3CC3)cc1C21N=C(SCc2ccccc2F)N(Cc2ccccc2F)C1=O. The summed E-state index contributed by atoms with van der Waals surface area (Å²) < 4.78 is 35.4. The first-order valence-electron chi connectivity index (χ1n) is 15.6. The topological polar surface area (TPSA) is 41.9 Å². The summed E-state index contributed by atoms with van der Waals surface area (Å²) >= 11 is 1.37. The van der Waals surface area contributed by atoms with Crippen LogP contribution < -0.4 is 0 Å². The quantitative estimate of drug-likeness (QED) is 0.263. The first-order chi connectivity index (χ1) is 20.9. The van der Waals surface area contributed by atoms with Crippen molar-refractivity contribution in [2.75, 3.05) is 7.11 Å². The number of thioether (sulfide) groups is 1. The van der Waals surface area contributed by atoms with Crippen molar-refractivity contribution in [1.82, 2.24) is 4.90 Å². The number of amides is 1. The fraction of sp³-hybridized carbons (Fsp3) is 0.444. The number of benzene rings is 3. The van der Waals surface area contributed by atoms with Crippen molar-refractivity contribution < 1.29 is 18.3 Å². The van der Waals surface area contributed by atoms with E-state index in [4.69, 9.17) is 9.73 Å². The summed E-state index contributed by atoms with van der Waals surface area (Å²) in [7, 11) is 1.76. The van der Waals surface area contributed by atoms with Gasteiger partial charge in [-0.3, -0.25) is 9.69 Å². The van der Waals surface area contributed by atoms with E-state index in [1.807, 2.05) is 6.07 Å². The minimum absolute atomic E-state index is 0.0826. The van der Waals surface area contributed by atoms with Crippen LogP contribution in [0.15, 0.2) is 71.7 Å². The van der Waals surface area contributed by atoms with Crippen LogP contribution in [0.1, 0.15) is 72.8 Å². The zero-order valence-electron chi connectivity index (χ0n) is 24.7. The number of halogens is 2. The second-order valence-electron chi connectivity index (χ2n) is 12.8. The van der Waals surface area contributed by atoms with Gasteiger partial charge in [0, 0.05) is 23.8 Å². The lowest BCUT2D eigenvalue weighted by Gasteiger charge is -2.45. The van der Waals surface area contributed by atoms with E-state index in [1.165, 1.54) is 54.3 Å². The Morgan fingerprint density at radius 1 is 0.953 bits per heavy atom. The Balaban J connectivity index is 1.33. The molecule has 1 atom stereocenters. The number of nitrogens with zero attached hydrogens (tertiary/aromatic N) is 2. The molecule has 3 aliphatic carbocycles. The Bertz CT molecular complexity index is 1560. The number of methoxy groups -OCH3 is 1. The van der Waals surface area contributed by atoms with E-state index < -0.39 is 5.54 Å². The van der Waals surface area contributed by atoms with E-state index in [9.17, 15) is 8.78 Å². The molecule has 0 N–H and O–H groups in total. The van der Waals surface area contributed by atoms with Gasteiger partial charge in [0.2, 0.25) is 0 Å². The molecule has 0 aromatic heterocycles. The summed E-state index contributed by atoms with van der Waals surface area (Å²) in [6.45, 7) is 0.0871. The van der Waals surface area contributed by atoms with Gasteiger partial charge in [0.25, 0.3) is 5.91 Å². The van der Waals surface area contributed by atoms with Gasteiger partial charge in [-0.05, 0) is 85.3 Å². The molecule has 1 aliphatic heterocycles. The molecule has 0 radical (unpaired) electrons. The van der Waals surface area contributed by atoms with E-state index in [0.29, 0.717) is 22.0 Å². The standard InChI is InChI=1S/C36H38F2N2O2S/c1-42-29-16-18-35(19-17-29)21-26-15-14-25(13-12-24-10-11-24)20-30(26)36(35)33(41)40(22-27-6-2-4-8-31(27)37)34(39-36)43-23-28-7-3-5-9-32(28)38/h2-9,14-15,20,24,29H,10-13,16-19,21-23H2,1H3. The van der Waals surface area contributed by atoms with E-state index in [0.717, 1.165) is 50.0 Å². The van der Waals surface area contributed by atoms with Gasteiger partial charge in [-0.15, -0.1) is 0 Å². The molecule has 2 spiro atoms. The lowest BCUT2D eigenvalue weighted by molar-refractivity contribution is -0.138. The molecule has 7 rings (SSSR count). The molecule has 3 aromatic carbocycles. The van der Waals surface area contributed by atoms with Crippen LogP contribution >= 0.6 is 11.8 Å². The highest BCUT2D eigenvalue weighted by Crippen LogP contribution is 2.63. The number of rotatable bonds is 8. The average molecular weight is 601 g/mol. The van der Waals surface area contributed by atoms with Crippen molar-refractivity contribution >= 4 is 22.8 Å². The fourth-order valence-electron chi connectivity index (χ4n) is 7.60. The van der Waals surface area contributed by atoms with Crippen molar-refractivity contribution in [3.05, 3.63) is 106 Å². The van der Waals surface area contributed by atoms with Gasteiger partial charge in [-0.1, -0.05) is 79.2 Å². The molecule has 0 saturated heterocycles. The van der Waals surface area contributed by atoms with Gasteiger partial charge < -0.3 is 4.74 Å². The van der Waals surface area contributed by atoms with Gasteiger partial charge >= 0.3 is 0 Å². The highest BCUT2D eigenvalue weighted by molar-refractivity contribution is 8.13. The van der Waals surface area contributed by atoms with E-state index in [1.54, 1.807) is 42.3 Å². The molecule has 2 fully saturated rings. The molecule has 4 nitrogen and oxygen atoms in total. The predicted molar refractivity (Wildman–Crippen MR) is 167 cm³/mol. The van der Waals surface area contributed by atoms with Gasteiger partial charge in [-0.25, -0.2) is 13.8 Å². The molecule has 1 unspecified atom stereocenters. The lowest BCUT2D eigenvalue weighted by atomic mass is 9.61. The number of hydrogen-bond donors (Lipinski definition) is 0. The van der Waals surface area contributed by atoms with Crippen molar-refractivity contribution in [2.45, 2.75) is 81.7 Å². The van der Waals surface area contributed by atoms with Gasteiger partial charge in [0.1, 0.15) is 11.6 Å². The third-order valence-electron chi connectivity index (χ3n) is 10.3. The van der Waals surface area contributed by atoms with E-state index >= 15 is 4.79 Å². The minimum atomic E-state index is -1.08. The Labute approximate surface area is 256 Å². The summed E-state index contributed by atoms with van der Waals surface area (Å²) in [6, 6.07) is 20.0. The zero-order chi connectivity index (χ0) is 29.6. The maximum atomic E-state index is 15.1. The van der Waals surface area contributed by atoms with Crippen LogP contribution in [-0.4, -0.2) is 29.2 Å². The monoisotopic (exact) mass is 600 g/mol. The van der Waals surface area contributed by atoms with Crippen LogP contribution in [-0.2, 0) is 40.2 Å². The maximum absolute atomic E-state index is 15.1. The number of carbonyl (C=O) groups is 1. The predicted octanol–water partition coefficient (Wildman–Crippen LogP) is 7.97. The molecule has 4 aliphatic rings. The maximum Gasteiger partial charge on any atom is 0.262 e. The summed E-state index contributed by atoms with van der Waals surface area (Å²) in [5, 5.41) is 0.543. The molecule has 1 heterocycles. The normalized spacial score (nSPS) is 26.4. The van der Waals surface area contributed by atoms with Gasteiger partial charge in [0.05, 0.1) is 12.6 Å². The molecule has 7 heteroatoms. The second-order valence-corrected chi connectivity index (χ2v) is 13.8. The second kappa shape index (κ2) is 11.5. The van der Waals surface area contributed by atoms with Crippen LogP contribution in [0.2, 0.25) is 0 Å². The van der Waals surface area contributed by atoms with Crippen LogP contribution in [0.3, 0.4) is 0 Å². The van der Waals surface area contributed by atoms with Crippen LogP contribution in [0.5, 0.6) is 0 Å². The molecule has 1 amide bonds. The first-order valence-corrected chi connectivity index (χ1v) is 16.6. The Kier molecular flexibility index (Phi) is 7.67. The van der Waals surface area contributed by atoms with E-state index in [2.05, 4.69) is 18.2 Å². The van der Waals surface area contributed by atoms with Crippen molar-refractivity contribution in [3.63, 3.8) is 0 Å². The number of ether oxygens (including phenoxy) is 1. The lowest BCUT2D eigenvalue weighted by Crippen LogP contribution is -2.51. The van der Waals surface area contributed by atoms with E-state index in [-0.39, 0.29) is 35.6 Å². The summed E-state index contributed by atoms with van der Waals surface area (Å²) in [6.07, 6.45) is 9.15. The number of carbonyl (C=O) groups excluding carboxylic acids is 1. The highest BCUT2D eigenvalue weighted by atomic mass is 32.2. The number of fused-ring (bicyclic) bond motifs is 3. The average Bonchev–Trinajstić information content (AvgIpc) is 3.77. The third-order valence-corrected chi connectivity index (χ3v) is 11.3. The summed E-state index contributed by atoms with van der Waals surface area (Å²) in [5.41, 5.74) is 2.99. The molecule has 43 heavy (non-hydrogen) atoms. The van der Waals surface area contributed by atoms with Crippen molar-refractivity contribution in [1.29, 1.82) is 0 Å². The molecule has 2 saturated carbocycles. The molecule has 3 aromatic rings. The third kappa shape index (κ3) is 5.12. The van der Waals surface area contributed by atoms with Crippen molar-refractivity contribution in [2.24, 2.45) is 16.3 Å². The molecular formula is C36H38F2N2O2S. The zero-order valence-corrected chi connectivity index (χ0v) is 25.5. The Morgan fingerprint density at radius 3 is 2.33 bits per heavy atom.